The zero-order valence-corrected chi connectivity index (χ0v) is 19.5. The van der Waals surface area contributed by atoms with Gasteiger partial charge in [0.15, 0.2) is 11.5 Å². The summed E-state index contributed by atoms with van der Waals surface area (Å²) in [5, 5.41) is 14.8. The SMILES string of the molecule is COc1cc2ncnc(Nc3cc(Cl)ccc3CCOCCCCCOC(C)=O)c2cc1O. The van der Waals surface area contributed by atoms with Gasteiger partial charge in [-0.1, -0.05) is 17.7 Å². The van der Waals surface area contributed by atoms with E-state index in [1.807, 2.05) is 18.2 Å². The second-order valence-electron chi connectivity index (χ2n) is 7.45. The van der Waals surface area contributed by atoms with Crippen LogP contribution in [-0.4, -0.2) is 48.0 Å². The summed E-state index contributed by atoms with van der Waals surface area (Å²) in [5.74, 6) is 0.662. The van der Waals surface area contributed by atoms with Crippen molar-refractivity contribution in [3.8, 4) is 11.5 Å². The van der Waals surface area contributed by atoms with E-state index < -0.39 is 0 Å². The minimum Gasteiger partial charge on any atom is -0.504 e. The number of fused-ring (bicyclic) bond motifs is 1. The van der Waals surface area contributed by atoms with Crippen LogP contribution in [0.1, 0.15) is 31.7 Å². The number of aromatic hydroxyl groups is 1. The first-order valence-corrected chi connectivity index (χ1v) is 11.1. The van der Waals surface area contributed by atoms with Gasteiger partial charge in [-0.25, -0.2) is 9.97 Å². The number of phenolic OH excluding ortho intramolecular Hbond substituents is 1. The van der Waals surface area contributed by atoms with Crippen molar-refractivity contribution in [3.05, 3.63) is 47.2 Å². The van der Waals surface area contributed by atoms with E-state index in [9.17, 15) is 9.90 Å². The van der Waals surface area contributed by atoms with Gasteiger partial charge in [0.2, 0.25) is 0 Å². The number of phenols is 1. The molecule has 0 unspecified atom stereocenters. The molecule has 0 radical (unpaired) electrons. The van der Waals surface area contributed by atoms with Crippen molar-refractivity contribution in [1.29, 1.82) is 0 Å². The zero-order chi connectivity index (χ0) is 23.6. The summed E-state index contributed by atoms with van der Waals surface area (Å²) < 4.78 is 15.9. The van der Waals surface area contributed by atoms with Crippen molar-refractivity contribution in [2.24, 2.45) is 0 Å². The second kappa shape index (κ2) is 12.2. The van der Waals surface area contributed by atoms with E-state index in [0.29, 0.717) is 53.7 Å². The number of methoxy groups -OCH3 is 1. The van der Waals surface area contributed by atoms with Crippen LogP contribution in [0.4, 0.5) is 11.5 Å². The molecule has 3 rings (SSSR count). The summed E-state index contributed by atoms with van der Waals surface area (Å²) in [6.45, 7) is 3.07. The largest absolute Gasteiger partial charge is 0.504 e. The zero-order valence-electron chi connectivity index (χ0n) is 18.8. The third-order valence-electron chi connectivity index (χ3n) is 5.02. The number of unbranched alkanes of at least 4 members (excludes halogenated alkanes) is 2. The molecule has 0 saturated carbocycles. The van der Waals surface area contributed by atoms with E-state index in [-0.39, 0.29) is 11.7 Å². The topological polar surface area (TPSA) is 103 Å². The first-order valence-electron chi connectivity index (χ1n) is 10.8. The lowest BCUT2D eigenvalue weighted by atomic mass is 10.1. The lowest BCUT2D eigenvalue weighted by Gasteiger charge is -2.14. The van der Waals surface area contributed by atoms with Crippen LogP contribution in [0.25, 0.3) is 10.9 Å². The molecular weight excluding hydrogens is 446 g/mol. The molecule has 3 aromatic rings. The van der Waals surface area contributed by atoms with Gasteiger partial charge >= 0.3 is 5.97 Å². The number of carbonyl (C=O) groups excluding carboxylic acids is 1. The second-order valence-corrected chi connectivity index (χ2v) is 7.89. The number of hydrogen-bond donors (Lipinski definition) is 2. The van der Waals surface area contributed by atoms with Gasteiger partial charge in [-0.15, -0.1) is 0 Å². The van der Waals surface area contributed by atoms with Crippen LogP contribution in [0, 0.1) is 0 Å². The van der Waals surface area contributed by atoms with Gasteiger partial charge in [-0.05, 0) is 49.4 Å². The highest BCUT2D eigenvalue weighted by Gasteiger charge is 2.12. The van der Waals surface area contributed by atoms with Crippen LogP contribution in [0.5, 0.6) is 11.5 Å². The van der Waals surface area contributed by atoms with Gasteiger partial charge in [-0.3, -0.25) is 4.79 Å². The van der Waals surface area contributed by atoms with Crippen LogP contribution < -0.4 is 10.1 Å². The Hall–Kier alpha value is -3.10. The maximum Gasteiger partial charge on any atom is 0.302 e. The van der Waals surface area contributed by atoms with E-state index in [2.05, 4.69) is 15.3 Å². The lowest BCUT2D eigenvalue weighted by molar-refractivity contribution is -0.141. The highest BCUT2D eigenvalue weighted by Crippen LogP contribution is 2.34. The van der Waals surface area contributed by atoms with Crippen LogP contribution in [-0.2, 0) is 20.7 Å². The molecule has 2 N–H and O–H groups in total. The Morgan fingerprint density at radius 2 is 1.91 bits per heavy atom. The normalized spacial score (nSPS) is 10.9. The fourth-order valence-corrected chi connectivity index (χ4v) is 3.50. The number of rotatable bonds is 12. The van der Waals surface area contributed by atoms with E-state index in [0.717, 1.165) is 30.5 Å². The minimum absolute atomic E-state index is 0.00965. The molecule has 0 aliphatic rings. The maximum absolute atomic E-state index is 10.7. The molecule has 1 heterocycles. The number of benzene rings is 2. The molecule has 1 aromatic heterocycles. The Bertz CT molecular complexity index is 1090. The van der Waals surface area contributed by atoms with E-state index in [1.165, 1.54) is 20.4 Å². The summed E-state index contributed by atoms with van der Waals surface area (Å²) in [4.78, 5) is 19.3. The van der Waals surface area contributed by atoms with Crippen LogP contribution in [0.2, 0.25) is 5.02 Å². The predicted octanol–water partition coefficient (Wildman–Crippen LogP) is 5.03. The summed E-state index contributed by atoms with van der Waals surface area (Å²) in [6, 6.07) is 8.87. The molecule has 0 aliphatic heterocycles. The van der Waals surface area contributed by atoms with Gasteiger partial charge in [0.05, 0.1) is 25.8 Å². The summed E-state index contributed by atoms with van der Waals surface area (Å²) in [6.07, 6.45) is 4.83. The van der Waals surface area contributed by atoms with Crippen LogP contribution in [0.15, 0.2) is 36.7 Å². The number of halogens is 1. The van der Waals surface area contributed by atoms with Gasteiger partial charge in [0.1, 0.15) is 12.1 Å². The number of nitrogens with one attached hydrogen (secondary N) is 1. The molecule has 0 aliphatic carbocycles. The highest BCUT2D eigenvalue weighted by molar-refractivity contribution is 6.30. The summed E-state index contributed by atoms with van der Waals surface area (Å²) in [5.41, 5.74) is 2.48. The standard InChI is InChI=1S/C24H28ClN3O5/c1-16(29)33-10-5-3-4-9-32-11-8-17-6-7-18(25)12-20(17)28-24-19-13-22(30)23(31-2)14-21(19)26-15-27-24/h6-7,12-15,30H,3-5,8-11H2,1-2H3,(H,26,27,28). The van der Waals surface area contributed by atoms with Crippen molar-refractivity contribution in [2.45, 2.75) is 32.6 Å². The molecule has 0 amide bonds. The Balaban J connectivity index is 1.60. The Kier molecular flexibility index (Phi) is 9.09. The fraction of sp³-hybridized carbons (Fsp3) is 0.375. The molecule has 0 fully saturated rings. The molecule has 0 spiro atoms. The molecule has 0 saturated heterocycles. The molecular formula is C24H28ClN3O5. The minimum atomic E-state index is -0.245. The third-order valence-corrected chi connectivity index (χ3v) is 5.25. The average molecular weight is 474 g/mol. The molecule has 8 nitrogen and oxygen atoms in total. The molecule has 2 aromatic carbocycles. The molecule has 176 valence electrons. The number of esters is 1. The Morgan fingerprint density at radius 1 is 1.09 bits per heavy atom. The summed E-state index contributed by atoms with van der Waals surface area (Å²) >= 11 is 6.24. The van der Waals surface area contributed by atoms with Gasteiger partial charge in [0.25, 0.3) is 0 Å². The molecule has 0 bridgehead atoms. The predicted molar refractivity (Wildman–Crippen MR) is 127 cm³/mol. The molecule has 9 heteroatoms. The number of carbonyl (C=O) groups is 1. The van der Waals surface area contributed by atoms with Gasteiger partial charge in [0, 0.05) is 35.7 Å². The van der Waals surface area contributed by atoms with Gasteiger partial charge in [-0.2, -0.15) is 0 Å². The first-order chi connectivity index (χ1) is 16.0. The third kappa shape index (κ3) is 7.20. The molecule has 33 heavy (non-hydrogen) atoms. The number of nitrogens with zero attached hydrogens (tertiary/aromatic N) is 2. The summed E-state index contributed by atoms with van der Waals surface area (Å²) in [7, 11) is 1.49. The average Bonchev–Trinajstić information content (AvgIpc) is 2.79. The van der Waals surface area contributed by atoms with E-state index in [4.69, 9.17) is 25.8 Å². The van der Waals surface area contributed by atoms with Crippen molar-refractivity contribution in [2.75, 3.05) is 32.2 Å². The van der Waals surface area contributed by atoms with Gasteiger partial charge < -0.3 is 24.6 Å². The van der Waals surface area contributed by atoms with Crippen molar-refractivity contribution in [3.63, 3.8) is 0 Å². The fourth-order valence-electron chi connectivity index (χ4n) is 3.33. The van der Waals surface area contributed by atoms with E-state index >= 15 is 0 Å². The Labute approximate surface area is 197 Å². The smallest absolute Gasteiger partial charge is 0.302 e. The quantitative estimate of drug-likeness (QED) is 0.279. The monoisotopic (exact) mass is 473 g/mol. The number of hydrogen-bond acceptors (Lipinski definition) is 8. The van der Waals surface area contributed by atoms with Crippen LogP contribution in [0.3, 0.4) is 0 Å². The highest BCUT2D eigenvalue weighted by atomic mass is 35.5. The molecule has 0 atom stereocenters. The van der Waals surface area contributed by atoms with Crippen LogP contribution >= 0.6 is 11.6 Å². The maximum atomic E-state index is 10.7. The van der Waals surface area contributed by atoms with E-state index in [1.54, 1.807) is 12.1 Å². The first kappa shape index (κ1) is 24.5. The van der Waals surface area contributed by atoms with Crippen molar-refractivity contribution >= 4 is 40.0 Å². The number of anilines is 2. The number of aromatic nitrogens is 2. The van der Waals surface area contributed by atoms with Crippen molar-refractivity contribution < 1.29 is 24.1 Å². The van der Waals surface area contributed by atoms with Crippen molar-refractivity contribution in [1.82, 2.24) is 9.97 Å². The number of ether oxygens (including phenoxy) is 3. The lowest BCUT2D eigenvalue weighted by Crippen LogP contribution is -2.05. The Morgan fingerprint density at radius 3 is 2.70 bits per heavy atom.